The smallest absolute Gasteiger partial charge is 0.0944 e. The molecule has 0 radical (unpaired) electrons. The van der Waals surface area contributed by atoms with Gasteiger partial charge in [-0.15, -0.1) is 11.3 Å². The molecule has 19 heavy (non-hydrogen) atoms. The van der Waals surface area contributed by atoms with Gasteiger partial charge in [-0.05, 0) is 31.7 Å². The van der Waals surface area contributed by atoms with Crippen molar-refractivity contribution in [2.75, 3.05) is 0 Å². The third-order valence-electron chi connectivity index (χ3n) is 3.18. The fourth-order valence-electron chi connectivity index (χ4n) is 2.15. The van der Waals surface area contributed by atoms with Crippen LogP contribution in [0.5, 0.6) is 0 Å². The quantitative estimate of drug-likeness (QED) is 0.603. The summed E-state index contributed by atoms with van der Waals surface area (Å²) in [4.78, 5) is 4.49. The van der Waals surface area contributed by atoms with E-state index in [1.807, 2.05) is 6.92 Å². The molecule has 0 spiro atoms. The summed E-state index contributed by atoms with van der Waals surface area (Å²) in [6, 6.07) is 10.9. The summed E-state index contributed by atoms with van der Waals surface area (Å²) >= 11 is 1.72. The van der Waals surface area contributed by atoms with Crippen LogP contribution < -0.4 is 11.3 Å². The minimum Gasteiger partial charge on any atom is -0.271 e. The first-order valence-electron chi connectivity index (χ1n) is 6.69. The van der Waals surface area contributed by atoms with Crippen LogP contribution in [0.1, 0.15) is 29.1 Å². The Balaban J connectivity index is 1.76. The van der Waals surface area contributed by atoms with Gasteiger partial charge in [-0.3, -0.25) is 11.3 Å². The molecule has 102 valence electrons. The number of nitrogens with zero attached hydrogens (tertiary/aromatic N) is 1. The maximum Gasteiger partial charge on any atom is 0.0944 e. The number of hydrazine groups is 1. The minimum atomic E-state index is 0.314. The van der Waals surface area contributed by atoms with Gasteiger partial charge in [0, 0.05) is 23.5 Å². The Hall–Kier alpha value is -1.23. The van der Waals surface area contributed by atoms with Crippen molar-refractivity contribution in [2.24, 2.45) is 5.84 Å². The van der Waals surface area contributed by atoms with E-state index in [-0.39, 0.29) is 0 Å². The minimum absolute atomic E-state index is 0.314. The van der Waals surface area contributed by atoms with Crippen LogP contribution in [0.4, 0.5) is 0 Å². The largest absolute Gasteiger partial charge is 0.271 e. The lowest BCUT2D eigenvalue weighted by atomic mass is 10.0. The number of nitrogens with two attached hydrogens (primary N) is 1. The molecule has 0 aliphatic rings. The Bertz CT molecular complexity index is 481. The number of hydrogen-bond acceptors (Lipinski definition) is 4. The molecule has 2 rings (SSSR count). The molecule has 1 atom stereocenters. The Labute approximate surface area is 118 Å². The standard InChI is InChI=1S/C15H21N3S/c1-12-11-19-15(17-12)10-14(18-16)9-5-8-13-6-3-2-4-7-13/h2-4,6-7,11,14,18H,5,8-10,16H2,1H3. The molecule has 1 aromatic carbocycles. The highest BCUT2D eigenvalue weighted by molar-refractivity contribution is 7.09. The van der Waals surface area contributed by atoms with E-state index in [1.165, 1.54) is 10.6 Å². The van der Waals surface area contributed by atoms with Gasteiger partial charge in [0.1, 0.15) is 0 Å². The molecule has 1 heterocycles. The first-order valence-corrected chi connectivity index (χ1v) is 7.57. The highest BCUT2D eigenvalue weighted by Crippen LogP contribution is 2.14. The van der Waals surface area contributed by atoms with Gasteiger partial charge in [-0.1, -0.05) is 30.3 Å². The normalized spacial score (nSPS) is 12.5. The molecule has 4 heteroatoms. The summed E-state index contributed by atoms with van der Waals surface area (Å²) in [5.74, 6) is 5.63. The van der Waals surface area contributed by atoms with Crippen molar-refractivity contribution in [2.45, 2.75) is 38.6 Å². The van der Waals surface area contributed by atoms with Crippen molar-refractivity contribution in [3.05, 3.63) is 52.0 Å². The highest BCUT2D eigenvalue weighted by atomic mass is 32.1. The van der Waals surface area contributed by atoms with E-state index >= 15 is 0 Å². The SMILES string of the molecule is Cc1csc(CC(CCCc2ccccc2)NN)n1. The Morgan fingerprint density at radius 3 is 2.74 bits per heavy atom. The van der Waals surface area contributed by atoms with E-state index in [9.17, 15) is 0 Å². The molecule has 3 nitrogen and oxygen atoms in total. The fraction of sp³-hybridized carbons (Fsp3) is 0.400. The van der Waals surface area contributed by atoms with Gasteiger partial charge in [-0.25, -0.2) is 4.98 Å². The molecule has 0 aliphatic carbocycles. The van der Waals surface area contributed by atoms with Crippen molar-refractivity contribution < 1.29 is 0 Å². The predicted molar refractivity (Wildman–Crippen MR) is 81.0 cm³/mol. The Kier molecular flexibility index (Phi) is 5.51. The molecule has 3 N–H and O–H groups in total. The van der Waals surface area contributed by atoms with Crippen molar-refractivity contribution in [3.8, 4) is 0 Å². The number of aromatic nitrogens is 1. The van der Waals surface area contributed by atoms with Gasteiger partial charge >= 0.3 is 0 Å². The third kappa shape index (κ3) is 4.74. The molecule has 0 fully saturated rings. The lowest BCUT2D eigenvalue weighted by molar-refractivity contribution is 0.475. The average molecular weight is 275 g/mol. The molecule has 1 aromatic heterocycles. The van der Waals surface area contributed by atoms with Crippen LogP contribution in [0.25, 0.3) is 0 Å². The van der Waals surface area contributed by atoms with Crippen molar-refractivity contribution in [1.82, 2.24) is 10.4 Å². The van der Waals surface area contributed by atoms with Crippen molar-refractivity contribution in [1.29, 1.82) is 0 Å². The summed E-state index contributed by atoms with van der Waals surface area (Å²) in [7, 11) is 0. The van der Waals surface area contributed by atoms with Crippen LogP contribution >= 0.6 is 11.3 Å². The first kappa shape index (κ1) is 14.2. The molecule has 0 saturated carbocycles. The zero-order chi connectivity index (χ0) is 13.5. The highest BCUT2D eigenvalue weighted by Gasteiger charge is 2.10. The predicted octanol–water partition coefficient (Wildman–Crippen LogP) is 2.85. The average Bonchev–Trinajstić information content (AvgIpc) is 2.84. The zero-order valence-electron chi connectivity index (χ0n) is 11.3. The third-order valence-corrected chi connectivity index (χ3v) is 4.17. The van der Waals surface area contributed by atoms with Crippen LogP contribution in [-0.4, -0.2) is 11.0 Å². The maximum atomic E-state index is 5.63. The van der Waals surface area contributed by atoms with Gasteiger partial charge in [0.05, 0.1) is 5.01 Å². The second kappa shape index (κ2) is 7.38. The molecule has 2 aromatic rings. The number of hydrogen-bond donors (Lipinski definition) is 2. The number of nitrogens with one attached hydrogen (secondary N) is 1. The summed E-state index contributed by atoms with van der Waals surface area (Å²) in [6.07, 6.45) is 4.24. The second-order valence-corrected chi connectivity index (χ2v) is 5.77. The van der Waals surface area contributed by atoms with E-state index in [0.717, 1.165) is 31.4 Å². The molecular formula is C15H21N3S. The monoisotopic (exact) mass is 275 g/mol. The van der Waals surface area contributed by atoms with Gasteiger partial charge in [0.2, 0.25) is 0 Å². The van der Waals surface area contributed by atoms with E-state index in [2.05, 4.69) is 46.1 Å². The van der Waals surface area contributed by atoms with Gasteiger partial charge in [0.25, 0.3) is 0 Å². The van der Waals surface area contributed by atoms with E-state index in [0.29, 0.717) is 6.04 Å². The van der Waals surface area contributed by atoms with E-state index < -0.39 is 0 Å². The van der Waals surface area contributed by atoms with Crippen molar-refractivity contribution >= 4 is 11.3 Å². The van der Waals surface area contributed by atoms with Crippen LogP contribution in [0.2, 0.25) is 0 Å². The zero-order valence-corrected chi connectivity index (χ0v) is 12.1. The summed E-state index contributed by atoms with van der Waals surface area (Å²) in [5.41, 5.74) is 5.40. The number of benzene rings is 1. The number of rotatable bonds is 7. The van der Waals surface area contributed by atoms with Gasteiger partial charge in [-0.2, -0.15) is 0 Å². The lowest BCUT2D eigenvalue weighted by Crippen LogP contribution is -2.36. The topological polar surface area (TPSA) is 50.9 Å². The van der Waals surface area contributed by atoms with Crippen molar-refractivity contribution in [3.63, 3.8) is 0 Å². The summed E-state index contributed by atoms with van der Waals surface area (Å²) < 4.78 is 0. The Morgan fingerprint density at radius 1 is 1.32 bits per heavy atom. The fourth-order valence-corrected chi connectivity index (χ4v) is 3.00. The first-order chi connectivity index (χ1) is 9.28. The maximum absolute atomic E-state index is 5.63. The van der Waals surface area contributed by atoms with Crippen LogP contribution in [0.3, 0.4) is 0 Å². The Morgan fingerprint density at radius 2 is 2.11 bits per heavy atom. The molecule has 0 aliphatic heterocycles. The second-order valence-electron chi connectivity index (χ2n) is 4.83. The van der Waals surface area contributed by atoms with Crippen LogP contribution in [0.15, 0.2) is 35.7 Å². The summed E-state index contributed by atoms with van der Waals surface area (Å²) in [6.45, 7) is 2.03. The summed E-state index contributed by atoms with van der Waals surface area (Å²) in [5, 5.41) is 3.26. The van der Waals surface area contributed by atoms with E-state index in [1.54, 1.807) is 11.3 Å². The molecule has 1 unspecified atom stereocenters. The van der Waals surface area contributed by atoms with Crippen LogP contribution in [0, 0.1) is 6.92 Å². The molecular weight excluding hydrogens is 254 g/mol. The van der Waals surface area contributed by atoms with Gasteiger partial charge < -0.3 is 0 Å². The number of thiazole rings is 1. The molecule has 0 bridgehead atoms. The van der Waals surface area contributed by atoms with Gasteiger partial charge in [0.15, 0.2) is 0 Å². The van der Waals surface area contributed by atoms with E-state index in [4.69, 9.17) is 5.84 Å². The lowest BCUT2D eigenvalue weighted by Gasteiger charge is -2.14. The van der Waals surface area contributed by atoms with Crippen LogP contribution in [-0.2, 0) is 12.8 Å². The molecule has 0 amide bonds. The molecule has 0 saturated heterocycles. The number of aryl methyl sites for hydroxylation is 2.